The molecule has 8 heteroatoms. The number of nitrogens with zero attached hydrogens (tertiary/aromatic N) is 2. The molecule has 0 N–H and O–H groups in total. The Morgan fingerprint density at radius 3 is 1.80 bits per heavy atom. The number of fused-ring (bicyclic) bond motifs is 5. The molecule has 0 saturated carbocycles. The summed E-state index contributed by atoms with van der Waals surface area (Å²) in [5.41, 5.74) is 6.12. The number of carbonyl (C=O) groups excluding carboxylic acids is 4. The van der Waals surface area contributed by atoms with E-state index in [0.29, 0.717) is 17.0 Å². The lowest BCUT2D eigenvalue weighted by molar-refractivity contribution is -0.175. The number of amides is 3. The minimum absolute atomic E-state index is 0.0885. The fourth-order valence-electron chi connectivity index (χ4n) is 6.08. The van der Waals surface area contributed by atoms with E-state index in [4.69, 9.17) is 9.57 Å². The zero-order valence-electron chi connectivity index (χ0n) is 21.9. The molecule has 0 aromatic heterocycles. The van der Waals surface area contributed by atoms with Crippen molar-refractivity contribution < 1.29 is 28.8 Å². The molecule has 4 aromatic carbocycles. The standard InChI is InChI=1S/C33H24N2O6/c36-30-26-15-7-8-16-27(26)31(37)35(30)41-32(38)29-21-10-2-1-9-20(21)17-18-34(29)33(39)40-19-28-24-13-5-3-11-22(24)23-12-4-6-14-25(23)28/h1-16,28-29H,17-19H2/t29-/m0/s1. The number of hydrogen-bond acceptors (Lipinski definition) is 6. The van der Waals surface area contributed by atoms with Crippen molar-refractivity contribution in [3.8, 4) is 11.1 Å². The molecular weight excluding hydrogens is 520 g/mol. The number of ether oxygens (including phenoxy) is 1. The third-order valence-corrected chi connectivity index (χ3v) is 8.02. The van der Waals surface area contributed by atoms with Crippen molar-refractivity contribution in [1.29, 1.82) is 0 Å². The van der Waals surface area contributed by atoms with Crippen molar-refractivity contribution in [2.24, 2.45) is 0 Å². The molecule has 2 heterocycles. The Balaban J connectivity index is 1.14. The van der Waals surface area contributed by atoms with Gasteiger partial charge in [0.15, 0.2) is 6.04 Å². The Bertz CT molecular complexity index is 1670. The molecule has 3 amide bonds. The van der Waals surface area contributed by atoms with Crippen LogP contribution in [-0.4, -0.2) is 47.0 Å². The van der Waals surface area contributed by atoms with Crippen LogP contribution in [0.2, 0.25) is 0 Å². The summed E-state index contributed by atoms with van der Waals surface area (Å²) in [5, 5.41) is 0.472. The number of hydrogen-bond donors (Lipinski definition) is 0. The molecule has 2 aliphatic heterocycles. The third-order valence-electron chi connectivity index (χ3n) is 8.02. The molecule has 41 heavy (non-hydrogen) atoms. The quantitative estimate of drug-likeness (QED) is 0.324. The van der Waals surface area contributed by atoms with Crippen molar-refractivity contribution in [3.63, 3.8) is 0 Å². The van der Waals surface area contributed by atoms with E-state index in [1.165, 1.54) is 17.0 Å². The van der Waals surface area contributed by atoms with Gasteiger partial charge in [0.05, 0.1) is 11.1 Å². The summed E-state index contributed by atoms with van der Waals surface area (Å²) < 4.78 is 5.87. The SMILES string of the molecule is O=C(ON1C(=O)c2ccccc2C1=O)[C@@H]1c2ccccc2CCN1C(=O)OCC1c2ccccc2-c2ccccc21. The highest BCUT2D eigenvalue weighted by molar-refractivity contribution is 6.21. The molecule has 0 unspecified atom stereocenters. The van der Waals surface area contributed by atoms with Gasteiger partial charge in [-0.1, -0.05) is 90.0 Å². The summed E-state index contributed by atoms with van der Waals surface area (Å²) in [6, 6.07) is 28.4. The maximum Gasteiger partial charge on any atom is 0.410 e. The minimum atomic E-state index is -1.19. The van der Waals surface area contributed by atoms with Gasteiger partial charge in [-0.2, -0.15) is 0 Å². The first kappa shape index (κ1) is 24.8. The second-order valence-corrected chi connectivity index (χ2v) is 10.2. The van der Waals surface area contributed by atoms with E-state index in [2.05, 4.69) is 12.1 Å². The Hall–Kier alpha value is -5.24. The maximum absolute atomic E-state index is 13.6. The molecule has 4 aromatic rings. The van der Waals surface area contributed by atoms with Crippen molar-refractivity contribution in [2.75, 3.05) is 13.2 Å². The second-order valence-electron chi connectivity index (χ2n) is 10.2. The Morgan fingerprint density at radius 1 is 0.683 bits per heavy atom. The Labute approximate surface area is 235 Å². The predicted octanol–water partition coefficient (Wildman–Crippen LogP) is 5.29. The number of benzene rings is 4. The summed E-state index contributed by atoms with van der Waals surface area (Å²) >= 11 is 0. The van der Waals surface area contributed by atoms with Crippen LogP contribution in [0.3, 0.4) is 0 Å². The molecule has 202 valence electrons. The average Bonchev–Trinajstić information content (AvgIpc) is 3.46. The van der Waals surface area contributed by atoms with Crippen LogP contribution < -0.4 is 0 Å². The highest BCUT2D eigenvalue weighted by Crippen LogP contribution is 2.44. The van der Waals surface area contributed by atoms with Crippen LogP contribution in [0.25, 0.3) is 11.1 Å². The fourth-order valence-corrected chi connectivity index (χ4v) is 6.08. The zero-order valence-corrected chi connectivity index (χ0v) is 21.9. The zero-order chi connectivity index (χ0) is 28.1. The van der Waals surface area contributed by atoms with Gasteiger partial charge in [0.25, 0.3) is 11.8 Å². The molecule has 0 fully saturated rings. The van der Waals surface area contributed by atoms with Gasteiger partial charge in [-0.15, -0.1) is 0 Å². The Morgan fingerprint density at radius 2 is 1.20 bits per heavy atom. The van der Waals surface area contributed by atoms with Crippen LogP contribution in [0.15, 0.2) is 97.1 Å². The number of hydroxylamine groups is 2. The first-order chi connectivity index (χ1) is 20.0. The third kappa shape index (κ3) is 3.98. The molecule has 0 spiro atoms. The molecular formula is C33H24N2O6. The fraction of sp³-hybridized carbons (Fsp3) is 0.152. The summed E-state index contributed by atoms with van der Waals surface area (Å²) in [7, 11) is 0. The van der Waals surface area contributed by atoms with Gasteiger partial charge >= 0.3 is 12.1 Å². The lowest BCUT2D eigenvalue weighted by atomic mass is 9.93. The predicted molar refractivity (Wildman–Crippen MR) is 148 cm³/mol. The van der Waals surface area contributed by atoms with Crippen molar-refractivity contribution in [1.82, 2.24) is 9.96 Å². The molecule has 7 rings (SSSR count). The van der Waals surface area contributed by atoms with Gasteiger partial charge in [0.1, 0.15) is 6.61 Å². The summed E-state index contributed by atoms with van der Waals surface area (Å²) in [6.07, 6.45) is -0.164. The normalized spacial score (nSPS) is 17.0. The monoisotopic (exact) mass is 544 g/mol. The number of imide groups is 1. The molecule has 0 saturated heterocycles. The summed E-state index contributed by atoms with van der Waals surface area (Å²) in [4.78, 5) is 59.7. The van der Waals surface area contributed by atoms with Gasteiger partial charge in [-0.25, -0.2) is 9.59 Å². The van der Waals surface area contributed by atoms with Crippen molar-refractivity contribution >= 4 is 23.9 Å². The number of carbonyl (C=O) groups is 4. The second kappa shape index (κ2) is 9.75. The van der Waals surface area contributed by atoms with Gasteiger partial charge < -0.3 is 9.57 Å². The lowest BCUT2D eigenvalue weighted by Gasteiger charge is -2.35. The topological polar surface area (TPSA) is 93.2 Å². The number of rotatable bonds is 4. The van der Waals surface area contributed by atoms with Gasteiger partial charge in [-0.3, -0.25) is 14.5 Å². The van der Waals surface area contributed by atoms with E-state index in [-0.39, 0.29) is 30.2 Å². The molecule has 3 aliphatic rings. The van der Waals surface area contributed by atoms with Crippen LogP contribution in [-0.2, 0) is 20.8 Å². The average molecular weight is 545 g/mol. The van der Waals surface area contributed by atoms with E-state index in [0.717, 1.165) is 27.8 Å². The molecule has 1 aliphatic carbocycles. The molecule has 8 nitrogen and oxygen atoms in total. The lowest BCUT2D eigenvalue weighted by Crippen LogP contribution is -2.46. The van der Waals surface area contributed by atoms with Gasteiger partial charge in [0, 0.05) is 12.5 Å². The maximum atomic E-state index is 13.6. The highest BCUT2D eigenvalue weighted by Gasteiger charge is 2.44. The van der Waals surface area contributed by atoms with Gasteiger partial charge in [-0.05, 0) is 51.9 Å². The molecule has 0 bridgehead atoms. The van der Waals surface area contributed by atoms with Crippen LogP contribution in [0.5, 0.6) is 0 Å². The first-order valence-electron chi connectivity index (χ1n) is 13.4. The molecule has 0 radical (unpaired) electrons. The highest BCUT2D eigenvalue weighted by atomic mass is 16.7. The van der Waals surface area contributed by atoms with Crippen LogP contribution in [0.4, 0.5) is 4.79 Å². The minimum Gasteiger partial charge on any atom is -0.448 e. The smallest absolute Gasteiger partial charge is 0.410 e. The summed E-state index contributed by atoms with van der Waals surface area (Å²) in [5.74, 6) is -2.51. The van der Waals surface area contributed by atoms with E-state index >= 15 is 0 Å². The van der Waals surface area contributed by atoms with E-state index in [1.807, 2.05) is 48.5 Å². The van der Waals surface area contributed by atoms with Crippen LogP contribution >= 0.6 is 0 Å². The van der Waals surface area contributed by atoms with Crippen LogP contribution in [0, 0.1) is 0 Å². The van der Waals surface area contributed by atoms with Crippen molar-refractivity contribution in [2.45, 2.75) is 18.4 Å². The van der Waals surface area contributed by atoms with E-state index in [9.17, 15) is 19.2 Å². The Kier molecular flexibility index (Phi) is 5.89. The van der Waals surface area contributed by atoms with E-state index in [1.54, 1.807) is 24.3 Å². The molecule has 1 atom stereocenters. The van der Waals surface area contributed by atoms with Gasteiger partial charge in [0.2, 0.25) is 0 Å². The van der Waals surface area contributed by atoms with E-state index < -0.39 is 29.9 Å². The van der Waals surface area contributed by atoms with Crippen LogP contribution in [0.1, 0.15) is 54.9 Å². The first-order valence-corrected chi connectivity index (χ1v) is 13.4. The largest absolute Gasteiger partial charge is 0.448 e. The summed E-state index contributed by atoms with van der Waals surface area (Å²) in [6.45, 7) is 0.292. The van der Waals surface area contributed by atoms with Crippen molar-refractivity contribution in [3.05, 3.63) is 130 Å².